The van der Waals surface area contributed by atoms with E-state index in [0.717, 1.165) is 0 Å². The summed E-state index contributed by atoms with van der Waals surface area (Å²) in [5, 5.41) is 5.22. The highest BCUT2D eigenvalue weighted by atomic mass is 32.1. The van der Waals surface area contributed by atoms with Crippen LogP contribution in [0.3, 0.4) is 0 Å². The molecule has 1 rings (SSSR count). The Hall–Kier alpha value is -1.95. The number of rotatable bonds is 2. The highest BCUT2D eigenvalue weighted by Crippen LogP contribution is 2.09. The summed E-state index contributed by atoms with van der Waals surface area (Å²) in [5.41, 5.74) is 1.29. The lowest BCUT2D eigenvalue weighted by Crippen LogP contribution is -2.33. The maximum Gasteiger partial charge on any atom is 0.413 e. The maximum atomic E-state index is 11.0. The van der Waals surface area contributed by atoms with Crippen LogP contribution < -0.4 is 10.6 Å². The van der Waals surface area contributed by atoms with Gasteiger partial charge in [0.25, 0.3) is 0 Å². The number of anilines is 1. The topological polar surface area (TPSA) is 67.4 Å². The molecular weight excluding hydrogens is 240 g/mol. The fraction of sp³-hybridized carbons (Fsp3) is 0.182. The molecular formula is C11H12N2O3S. The molecule has 0 aliphatic rings. The molecule has 0 bridgehead atoms. The molecule has 1 aromatic rings. The van der Waals surface area contributed by atoms with Crippen LogP contribution in [0.5, 0.6) is 0 Å². The summed E-state index contributed by atoms with van der Waals surface area (Å²) >= 11 is 4.87. The van der Waals surface area contributed by atoms with E-state index in [1.165, 1.54) is 14.0 Å². The van der Waals surface area contributed by atoms with Gasteiger partial charge in [-0.15, -0.1) is 0 Å². The van der Waals surface area contributed by atoms with E-state index in [-0.39, 0.29) is 10.9 Å². The molecule has 0 fully saturated rings. The van der Waals surface area contributed by atoms with Crippen LogP contribution in [0.25, 0.3) is 0 Å². The summed E-state index contributed by atoms with van der Waals surface area (Å²) in [6, 6.07) is 6.74. The number of nitrogens with one attached hydrogen (secondary N) is 2. The van der Waals surface area contributed by atoms with Crippen LogP contribution in [0.15, 0.2) is 24.3 Å². The Morgan fingerprint density at radius 1 is 1.24 bits per heavy atom. The molecule has 1 amide bonds. The van der Waals surface area contributed by atoms with Crippen LogP contribution in [-0.4, -0.2) is 24.1 Å². The number of carbonyl (C=O) groups excluding carboxylic acids is 2. The molecule has 0 saturated heterocycles. The number of amides is 1. The largest absolute Gasteiger partial charge is 0.453 e. The number of methoxy groups -OCH3 is 1. The Morgan fingerprint density at radius 2 is 1.82 bits per heavy atom. The molecule has 0 unspecified atom stereocenters. The van der Waals surface area contributed by atoms with Gasteiger partial charge in [-0.05, 0) is 43.4 Å². The molecule has 2 N–H and O–H groups in total. The van der Waals surface area contributed by atoms with Crippen LogP contribution >= 0.6 is 12.2 Å². The normalized spacial score (nSPS) is 9.29. The third-order valence-electron chi connectivity index (χ3n) is 1.95. The fourth-order valence-electron chi connectivity index (χ4n) is 1.09. The number of carbonyl (C=O) groups is 2. The number of hydrogen-bond acceptors (Lipinski definition) is 4. The quantitative estimate of drug-likeness (QED) is 0.622. The van der Waals surface area contributed by atoms with Crippen molar-refractivity contribution in [3.8, 4) is 0 Å². The van der Waals surface area contributed by atoms with Crippen LogP contribution in [-0.2, 0) is 4.74 Å². The Balaban J connectivity index is 2.60. The predicted octanol–water partition coefficient (Wildman–Crippen LogP) is 1.94. The molecule has 6 heteroatoms. The molecule has 0 spiro atoms. The zero-order valence-corrected chi connectivity index (χ0v) is 10.3. The second-order valence-electron chi connectivity index (χ2n) is 3.20. The molecule has 0 aromatic heterocycles. The third-order valence-corrected chi connectivity index (χ3v) is 2.15. The van der Waals surface area contributed by atoms with Crippen molar-refractivity contribution in [1.29, 1.82) is 0 Å². The first-order valence-electron chi connectivity index (χ1n) is 4.80. The van der Waals surface area contributed by atoms with Crippen molar-refractivity contribution < 1.29 is 14.3 Å². The van der Waals surface area contributed by atoms with Gasteiger partial charge in [0.2, 0.25) is 0 Å². The van der Waals surface area contributed by atoms with E-state index >= 15 is 0 Å². The summed E-state index contributed by atoms with van der Waals surface area (Å²) in [6.45, 7) is 1.49. The summed E-state index contributed by atoms with van der Waals surface area (Å²) < 4.78 is 4.39. The maximum absolute atomic E-state index is 11.0. The molecule has 0 aliphatic heterocycles. The second-order valence-corrected chi connectivity index (χ2v) is 3.61. The lowest BCUT2D eigenvalue weighted by Gasteiger charge is -2.08. The standard InChI is InChI=1S/C11H12N2O3S/c1-7(14)8-3-5-9(6-4-8)12-10(17)13-11(15)16-2/h3-6H,1-2H3,(H2,12,13,15,17). The van der Waals surface area contributed by atoms with E-state index in [9.17, 15) is 9.59 Å². The van der Waals surface area contributed by atoms with Crippen molar-refractivity contribution in [2.24, 2.45) is 0 Å². The number of ketones is 1. The number of benzene rings is 1. The highest BCUT2D eigenvalue weighted by Gasteiger charge is 2.04. The molecule has 90 valence electrons. The molecule has 1 aromatic carbocycles. The van der Waals surface area contributed by atoms with Gasteiger partial charge in [-0.25, -0.2) is 4.79 Å². The van der Waals surface area contributed by atoms with Gasteiger partial charge in [-0.2, -0.15) is 0 Å². The van der Waals surface area contributed by atoms with Crippen molar-refractivity contribution in [3.05, 3.63) is 29.8 Å². The number of thiocarbonyl (C=S) groups is 1. The van der Waals surface area contributed by atoms with Crippen molar-refractivity contribution in [2.75, 3.05) is 12.4 Å². The van der Waals surface area contributed by atoms with Crippen LogP contribution in [0, 0.1) is 0 Å². The van der Waals surface area contributed by atoms with Crippen LogP contribution in [0.4, 0.5) is 10.5 Å². The lowest BCUT2D eigenvalue weighted by molar-refractivity contribution is 0.101. The van der Waals surface area contributed by atoms with E-state index in [1.807, 2.05) is 0 Å². The van der Waals surface area contributed by atoms with Gasteiger partial charge < -0.3 is 10.1 Å². The summed E-state index contributed by atoms with van der Waals surface area (Å²) in [5.74, 6) is -0.00758. The van der Waals surface area contributed by atoms with Crippen LogP contribution in [0.1, 0.15) is 17.3 Å². The van der Waals surface area contributed by atoms with Gasteiger partial charge in [-0.1, -0.05) is 0 Å². The average molecular weight is 252 g/mol. The van der Waals surface area contributed by atoms with E-state index in [1.54, 1.807) is 24.3 Å². The molecule has 5 nitrogen and oxygen atoms in total. The minimum Gasteiger partial charge on any atom is -0.453 e. The predicted molar refractivity (Wildman–Crippen MR) is 68.2 cm³/mol. The van der Waals surface area contributed by atoms with Crippen molar-refractivity contribution in [1.82, 2.24) is 5.32 Å². The summed E-state index contributed by atoms with van der Waals surface area (Å²) in [6.07, 6.45) is -0.636. The Morgan fingerprint density at radius 3 is 2.29 bits per heavy atom. The molecule has 17 heavy (non-hydrogen) atoms. The molecule has 0 atom stereocenters. The lowest BCUT2D eigenvalue weighted by atomic mass is 10.1. The number of Topliss-reactive ketones (excluding diaryl/α,β-unsaturated/α-hetero) is 1. The van der Waals surface area contributed by atoms with E-state index in [2.05, 4.69) is 15.4 Å². The van der Waals surface area contributed by atoms with Crippen LogP contribution in [0.2, 0.25) is 0 Å². The Labute approximate surface area is 104 Å². The van der Waals surface area contributed by atoms with Crippen molar-refractivity contribution in [2.45, 2.75) is 6.92 Å². The van der Waals surface area contributed by atoms with E-state index in [0.29, 0.717) is 11.3 Å². The first kappa shape index (κ1) is 13.1. The molecule has 0 radical (unpaired) electrons. The van der Waals surface area contributed by atoms with Gasteiger partial charge in [0, 0.05) is 11.3 Å². The van der Waals surface area contributed by atoms with Gasteiger partial charge in [0.15, 0.2) is 10.9 Å². The first-order valence-corrected chi connectivity index (χ1v) is 5.20. The SMILES string of the molecule is COC(=O)NC(=S)Nc1ccc(C(C)=O)cc1. The summed E-state index contributed by atoms with van der Waals surface area (Å²) in [7, 11) is 1.25. The monoisotopic (exact) mass is 252 g/mol. The average Bonchev–Trinajstić information content (AvgIpc) is 2.29. The zero-order chi connectivity index (χ0) is 12.8. The highest BCUT2D eigenvalue weighted by molar-refractivity contribution is 7.80. The molecule has 0 aliphatic carbocycles. The second kappa shape index (κ2) is 5.95. The Kier molecular flexibility index (Phi) is 4.59. The number of alkyl carbamates (subject to hydrolysis) is 1. The molecule has 0 heterocycles. The smallest absolute Gasteiger partial charge is 0.413 e. The van der Waals surface area contributed by atoms with Gasteiger partial charge in [0.05, 0.1) is 7.11 Å². The Bertz CT molecular complexity index is 443. The minimum absolute atomic E-state index is 0.00758. The van der Waals surface area contributed by atoms with Crippen molar-refractivity contribution in [3.63, 3.8) is 0 Å². The first-order chi connectivity index (χ1) is 8.02. The number of ether oxygens (including phenoxy) is 1. The van der Waals surface area contributed by atoms with E-state index < -0.39 is 6.09 Å². The van der Waals surface area contributed by atoms with Crippen molar-refractivity contribution >= 4 is 34.9 Å². The van der Waals surface area contributed by atoms with Gasteiger partial charge >= 0.3 is 6.09 Å². The minimum atomic E-state index is -0.636. The number of hydrogen-bond donors (Lipinski definition) is 2. The van der Waals surface area contributed by atoms with Gasteiger partial charge in [-0.3, -0.25) is 10.1 Å². The summed E-state index contributed by atoms with van der Waals surface area (Å²) in [4.78, 5) is 21.9. The fourth-order valence-corrected chi connectivity index (χ4v) is 1.30. The van der Waals surface area contributed by atoms with E-state index in [4.69, 9.17) is 12.2 Å². The third kappa shape index (κ3) is 4.20. The van der Waals surface area contributed by atoms with Gasteiger partial charge in [0.1, 0.15) is 0 Å². The molecule has 0 saturated carbocycles. The zero-order valence-electron chi connectivity index (χ0n) is 9.44.